The molecule has 3 aliphatic rings. The second-order valence-corrected chi connectivity index (χ2v) is 8.82. The molecular formula is C23H33BO5. The van der Waals surface area contributed by atoms with Crippen LogP contribution in [0, 0.1) is 0 Å². The van der Waals surface area contributed by atoms with Crippen molar-refractivity contribution in [2.75, 3.05) is 14.2 Å². The van der Waals surface area contributed by atoms with E-state index < -0.39 is 7.12 Å². The molecule has 2 aliphatic carbocycles. The Morgan fingerprint density at radius 1 is 0.931 bits per heavy atom. The fourth-order valence-corrected chi connectivity index (χ4v) is 5.61. The average molecular weight is 400 g/mol. The van der Waals surface area contributed by atoms with Crippen LogP contribution in [-0.4, -0.2) is 50.5 Å². The zero-order chi connectivity index (χ0) is 20.3. The van der Waals surface area contributed by atoms with Crippen LogP contribution in [0.5, 0.6) is 0 Å². The third-order valence-electron chi connectivity index (χ3n) is 7.32. The van der Waals surface area contributed by atoms with Crippen molar-refractivity contribution in [2.24, 2.45) is 0 Å². The van der Waals surface area contributed by atoms with E-state index in [1.807, 2.05) is 30.3 Å². The molecule has 1 heterocycles. The van der Waals surface area contributed by atoms with Crippen molar-refractivity contribution in [1.82, 2.24) is 0 Å². The molecule has 2 atom stereocenters. The number of rotatable bonds is 8. The molecule has 158 valence electrons. The smallest absolute Gasteiger partial charge is 0.403 e. The highest BCUT2D eigenvalue weighted by molar-refractivity contribution is 6.45. The normalized spacial score (nSPS) is 28.1. The van der Waals surface area contributed by atoms with Crippen molar-refractivity contribution in [2.45, 2.75) is 87.5 Å². The second kappa shape index (κ2) is 8.89. The fraction of sp³-hybridized carbons (Fsp3) is 0.696. The largest absolute Gasteiger partial charge is 0.458 e. The molecule has 2 saturated carbocycles. The first-order chi connectivity index (χ1) is 14.1. The van der Waals surface area contributed by atoms with Crippen LogP contribution in [0.1, 0.15) is 68.1 Å². The van der Waals surface area contributed by atoms with Crippen LogP contribution in [-0.2, 0) is 18.8 Å². The third-order valence-corrected chi connectivity index (χ3v) is 7.32. The Balaban J connectivity index is 1.50. The third kappa shape index (κ3) is 4.05. The van der Waals surface area contributed by atoms with Gasteiger partial charge in [0, 0.05) is 26.2 Å². The van der Waals surface area contributed by atoms with Crippen LogP contribution in [0.2, 0.25) is 6.32 Å². The van der Waals surface area contributed by atoms with E-state index in [0.717, 1.165) is 56.9 Å². The highest BCUT2D eigenvalue weighted by Crippen LogP contribution is 2.48. The van der Waals surface area contributed by atoms with Crippen LogP contribution in [0.25, 0.3) is 0 Å². The van der Waals surface area contributed by atoms with Gasteiger partial charge >= 0.3 is 7.12 Å². The van der Waals surface area contributed by atoms with E-state index in [1.54, 1.807) is 14.2 Å². The summed E-state index contributed by atoms with van der Waals surface area (Å²) in [6.07, 6.45) is 9.23. The van der Waals surface area contributed by atoms with E-state index in [-0.39, 0.29) is 29.2 Å². The van der Waals surface area contributed by atoms with Crippen LogP contribution in [0.3, 0.4) is 0 Å². The summed E-state index contributed by atoms with van der Waals surface area (Å²) in [6, 6.07) is 9.44. The predicted molar refractivity (Wildman–Crippen MR) is 112 cm³/mol. The number of Topliss-reactive ketones (excluding diaryl/α,β-unsaturated/α-hetero) is 1. The lowest BCUT2D eigenvalue weighted by Gasteiger charge is -2.43. The fourth-order valence-electron chi connectivity index (χ4n) is 5.61. The van der Waals surface area contributed by atoms with Gasteiger partial charge in [-0.3, -0.25) is 4.79 Å². The maximum atomic E-state index is 12.6. The van der Waals surface area contributed by atoms with Gasteiger partial charge in [-0.05, 0) is 32.0 Å². The summed E-state index contributed by atoms with van der Waals surface area (Å²) in [5.41, 5.74) is 0.125. The SMILES string of the molecule is COC1([C@@H]2OB(CCC(=O)c3ccccc3)O[C@H]2C2(OC)CCCC2)CCCC1. The van der Waals surface area contributed by atoms with Gasteiger partial charge < -0.3 is 18.8 Å². The van der Waals surface area contributed by atoms with Crippen molar-refractivity contribution in [1.29, 1.82) is 0 Å². The van der Waals surface area contributed by atoms with E-state index in [9.17, 15) is 4.79 Å². The van der Waals surface area contributed by atoms with Gasteiger partial charge in [-0.1, -0.05) is 56.0 Å². The zero-order valence-corrected chi connectivity index (χ0v) is 17.7. The van der Waals surface area contributed by atoms with Gasteiger partial charge in [0.1, 0.15) is 0 Å². The highest BCUT2D eigenvalue weighted by atomic mass is 16.7. The Kier molecular flexibility index (Phi) is 6.45. The molecule has 1 aliphatic heterocycles. The zero-order valence-electron chi connectivity index (χ0n) is 17.7. The van der Waals surface area contributed by atoms with Gasteiger partial charge in [-0.25, -0.2) is 0 Å². The van der Waals surface area contributed by atoms with Crippen molar-refractivity contribution in [3.8, 4) is 0 Å². The maximum absolute atomic E-state index is 12.6. The number of ketones is 1. The van der Waals surface area contributed by atoms with Gasteiger partial charge in [0.15, 0.2) is 5.78 Å². The van der Waals surface area contributed by atoms with Gasteiger partial charge in [-0.2, -0.15) is 0 Å². The monoisotopic (exact) mass is 400 g/mol. The van der Waals surface area contributed by atoms with Gasteiger partial charge in [-0.15, -0.1) is 0 Å². The Morgan fingerprint density at radius 2 is 1.41 bits per heavy atom. The molecule has 0 unspecified atom stereocenters. The van der Waals surface area contributed by atoms with Crippen molar-refractivity contribution < 1.29 is 23.6 Å². The minimum atomic E-state index is -0.391. The van der Waals surface area contributed by atoms with E-state index in [4.69, 9.17) is 18.8 Å². The van der Waals surface area contributed by atoms with Crippen molar-refractivity contribution in [3.63, 3.8) is 0 Å². The molecule has 0 aromatic heterocycles. The summed E-state index contributed by atoms with van der Waals surface area (Å²) in [4.78, 5) is 12.6. The molecule has 0 bridgehead atoms. The number of carbonyl (C=O) groups is 1. The lowest BCUT2D eigenvalue weighted by Crippen LogP contribution is -2.56. The summed E-state index contributed by atoms with van der Waals surface area (Å²) in [7, 11) is 3.20. The minimum absolute atomic E-state index is 0.127. The molecule has 5 nitrogen and oxygen atoms in total. The Hall–Kier alpha value is -1.21. The number of carbonyl (C=O) groups excluding carboxylic acids is 1. The van der Waals surface area contributed by atoms with E-state index in [1.165, 1.54) is 0 Å². The lowest BCUT2D eigenvalue weighted by atomic mass is 9.81. The molecule has 6 heteroatoms. The maximum Gasteiger partial charge on any atom is 0.458 e. The molecule has 1 aromatic rings. The average Bonchev–Trinajstić information content (AvgIpc) is 3.52. The summed E-state index contributed by atoms with van der Waals surface area (Å²) in [5, 5.41) is 0. The van der Waals surface area contributed by atoms with Crippen molar-refractivity contribution >= 4 is 12.9 Å². The summed E-state index contributed by atoms with van der Waals surface area (Å²) < 4.78 is 25.2. The Bertz CT molecular complexity index is 650. The molecule has 0 N–H and O–H groups in total. The highest BCUT2D eigenvalue weighted by Gasteiger charge is 2.59. The van der Waals surface area contributed by atoms with Crippen LogP contribution in [0.15, 0.2) is 30.3 Å². The molecule has 1 saturated heterocycles. The second-order valence-electron chi connectivity index (χ2n) is 8.82. The quantitative estimate of drug-likeness (QED) is 0.477. The number of hydrogen-bond donors (Lipinski definition) is 0. The Labute approximate surface area is 174 Å². The lowest BCUT2D eigenvalue weighted by molar-refractivity contribution is -0.153. The van der Waals surface area contributed by atoms with Gasteiger partial charge in [0.25, 0.3) is 0 Å². The van der Waals surface area contributed by atoms with E-state index in [0.29, 0.717) is 12.7 Å². The predicted octanol–water partition coefficient (Wildman–Crippen LogP) is 4.45. The summed E-state index contributed by atoms with van der Waals surface area (Å²) in [6.45, 7) is 0. The molecule has 3 fully saturated rings. The first kappa shape index (κ1) is 21.0. The first-order valence-corrected chi connectivity index (χ1v) is 11.1. The summed E-state index contributed by atoms with van der Waals surface area (Å²) in [5.74, 6) is 0.127. The number of benzene rings is 1. The van der Waals surface area contributed by atoms with Gasteiger partial charge in [0.2, 0.25) is 0 Å². The minimum Gasteiger partial charge on any atom is -0.403 e. The van der Waals surface area contributed by atoms with Crippen LogP contribution >= 0.6 is 0 Å². The van der Waals surface area contributed by atoms with E-state index in [2.05, 4.69) is 0 Å². The number of ether oxygens (including phenoxy) is 2. The molecule has 0 spiro atoms. The van der Waals surface area contributed by atoms with Crippen molar-refractivity contribution in [3.05, 3.63) is 35.9 Å². The molecule has 4 rings (SSSR count). The summed E-state index contributed by atoms with van der Waals surface area (Å²) >= 11 is 0. The molecule has 29 heavy (non-hydrogen) atoms. The van der Waals surface area contributed by atoms with Crippen LogP contribution < -0.4 is 0 Å². The van der Waals surface area contributed by atoms with Gasteiger partial charge in [0.05, 0.1) is 23.4 Å². The molecule has 0 radical (unpaired) electrons. The number of methoxy groups -OCH3 is 2. The van der Waals surface area contributed by atoms with Crippen LogP contribution in [0.4, 0.5) is 0 Å². The topological polar surface area (TPSA) is 54.0 Å². The Morgan fingerprint density at radius 3 is 1.86 bits per heavy atom. The molecule has 1 aromatic carbocycles. The first-order valence-electron chi connectivity index (χ1n) is 11.1. The number of hydrogen-bond acceptors (Lipinski definition) is 5. The molecule has 0 amide bonds. The van der Waals surface area contributed by atoms with E-state index >= 15 is 0 Å². The molecular weight excluding hydrogens is 367 g/mol. The standard InChI is InChI=1S/C23H33BO5/c1-26-22(13-6-7-14-22)20-21(23(27-2)15-8-9-16-23)29-24(28-20)17-12-19(25)18-10-4-3-5-11-18/h3-5,10-11,20-21H,6-9,12-17H2,1-2H3/t20-,21-/m1/s1.